The molecular formula is C19H24N4O2S. The van der Waals surface area contributed by atoms with Crippen molar-refractivity contribution in [1.82, 2.24) is 14.3 Å². The third-order valence-electron chi connectivity index (χ3n) is 5.23. The average Bonchev–Trinajstić information content (AvgIpc) is 3.38. The second-order valence-corrected chi connectivity index (χ2v) is 9.22. The van der Waals surface area contributed by atoms with Crippen LogP contribution < -0.4 is 4.90 Å². The molecule has 4 rings (SSSR count). The minimum absolute atomic E-state index is 0.0250. The number of likely N-dealkylation sites (N-methyl/N-ethyl adjacent to an activating group) is 1. The SMILES string of the molecule is CN(C1CCN(c2ccnc(C3CC3)n2)C1)S(=O)(=O)Cc1ccccc1. The van der Waals surface area contributed by atoms with Gasteiger partial charge in [0.2, 0.25) is 10.0 Å². The summed E-state index contributed by atoms with van der Waals surface area (Å²) < 4.78 is 27.1. The molecule has 1 aliphatic heterocycles. The van der Waals surface area contributed by atoms with Gasteiger partial charge >= 0.3 is 0 Å². The Labute approximate surface area is 154 Å². The van der Waals surface area contributed by atoms with Crippen LogP contribution in [0.15, 0.2) is 42.6 Å². The van der Waals surface area contributed by atoms with E-state index >= 15 is 0 Å². The van der Waals surface area contributed by atoms with E-state index in [4.69, 9.17) is 0 Å². The van der Waals surface area contributed by atoms with E-state index in [2.05, 4.69) is 14.9 Å². The predicted molar refractivity (Wildman–Crippen MR) is 101 cm³/mol. The van der Waals surface area contributed by atoms with Gasteiger partial charge in [-0.2, -0.15) is 4.31 Å². The van der Waals surface area contributed by atoms with Crippen LogP contribution in [0, 0.1) is 0 Å². The molecule has 0 bridgehead atoms. The number of benzene rings is 1. The molecule has 1 saturated heterocycles. The third kappa shape index (κ3) is 3.73. The van der Waals surface area contributed by atoms with Crippen LogP contribution in [0.2, 0.25) is 0 Å². The lowest BCUT2D eigenvalue weighted by molar-refractivity contribution is 0.389. The number of nitrogens with zero attached hydrogens (tertiary/aromatic N) is 4. The van der Waals surface area contributed by atoms with Crippen molar-refractivity contribution in [2.45, 2.75) is 37.0 Å². The number of sulfonamides is 1. The molecule has 1 aliphatic carbocycles. The van der Waals surface area contributed by atoms with Crippen molar-refractivity contribution in [3.8, 4) is 0 Å². The second-order valence-electron chi connectivity index (χ2n) is 7.19. The van der Waals surface area contributed by atoms with Gasteiger partial charge in [0.1, 0.15) is 11.6 Å². The van der Waals surface area contributed by atoms with Crippen LogP contribution in [0.3, 0.4) is 0 Å². The lowest BCUT2D eigenvalue weighted by Crippen LogP contribution is -2.39. The van der Waals surface area contributed by atoms with Crippen molar-refractivity contribution in [3.05, 3.63) is 54.0 Å². The van der Waals surface area contributed by atoms with Gasteiger partial charge in [0.25, 0.3) is 0 Å². The van der Waals surface area contributed by atoms with Crippen molar-refractivity contribution < 1.29 is 8.42 Å². The Morgan fingerprint density at radius 3 is 2.65 bits per heavy atom. The van der Waals surface area contributed by atoms with Crippen LogP contribution in [-0.2, 0) is 15.8 Å². The van der Waals surface area contributed by atoms with Crippen molar-refractivity contribution >= 4 is 15.8 Å². The summed E-state index contributed by atoms with van der Waals surface area (Å²) in [4.78, 5) is 11.2. The van der Waals surface area contributed by atoms with E-state index in [1.807, 2.05) is 42.6 Å². The number of hydrogen-bond donors (Lipinski definition) is 0. The molecule has 2 fully saturated rings. The van der Waals surface area contributed by atoms with Crippen molar-refractivity contribution in [2.24, 2.45) is 0 Å². The summed E-state index contributed by atoms with van der Waals surface area (Å²) in [5, 5.41) is 0. The molecule has 1 atom stereocenters. The molecule has 0 radical (unpaired) electrons. The Kier molecular flexibility index (Phi) is 4.67. The zero-order chi connectivity index (χ0) is 18.1. The Balaban J connectivity index is 1.43. The minimum Gasteiger partial charge on any atom is -0.355 e. The largest absolute Gasteiger partial charge is 0.355 e. The highest BCUT2D eigenvalue weighted by molar-refractivity contribution is 7.88. The highest BCUT2D eigenvalue weighted by atomic mass is 32.2. The first-order valence-electron chi connectivity index (χ1n) is 9.10. The van der Waals surface area contributed by atoms with Gasteiger partial charge in [0.05, 0.1) is 5.75 Å². The molecule has 2 aromatic rings. The number of hydrogen-bond acceptors (Lipinski definition) is 5. The monoisotopic (exact) mass is 372 g/mol. The average molecular weight is 372 g/mol. The number of rotatable bonds is 6. The standard InChI is InChI=1S/C19H24N4O2S/c1-22(26(24,25)14-15-5-3-2-4-6-15)17-10-12-23(13-17)18-9-11-20-19(21-18)16-7-8-16/h2-6,9,11,16-17H,7-8,10,12-14H2,1H3. The summed E-state index contributed by atoms with van der Waals surface area (Å²) >= 11 is 0. The van der Waals surface area contributed by atoms with E-state index in [0.717, 1.165) is 30.2 Å². The fourth-order valence-corrected chi connectivity index (χ4v) is 4.88. The van der Waals surface area contributed by atoms with E-state index in [0.29, 0.717) is 12.5 Å². The van der Waals surface area contributed by atoms with E-state index in [-0.39, 0.29) is 11.8 Å². The molecule has 26 heavy (non-hydrogen) atoms. The first-order chi connectivity index (χ1) is 12.5. The maximum atomic E-state index is 12.8. The van der Waals surface area contributed by atoms with E-state index in [9.17, 15) is 8.42 Å². The molecule has 1 unspecified atom stereocenters. The second kappa shape index (κ2) is 6.96. The highest BCUT2D eigenvalue weighted by Crippen LogP contribution is 2.38. The van der Waals surface area contributed by atoms with Crippen LogP contribution in [0.4, 0.5) is 5.82 Å². The summed E-state index contributed by atoms with van der Waals surface area (Å²) in [5.41, 5.74) is 0.819. The van der Waals surface area contributed by atoms with Gasteiger partial charge < -0.3 is 4.90 Å². The van der Waals surface area contributed by atoms with E-state index in [1.165, 1.54) is 12.8 Å². The molecule has 0 N–H and O–H groups in total. The predicted octanol–water partition coefficient (Wildman–Crippen LogP) is 2.39. The molecule has 1 aromatic heterocycles. The molecule has 2 aliphatic rings. The van der Waals surface area contributed by atoms with Crippen LogP contribution in [0.5, 0.6) is 0 Å². The van der Waals surface area contributed by atoms with E-state index in [1.54, 1.807) is 11.4 Å². The summed E-state index contributed by atoms with van der Waals surface area (Å²) in [5.74, 6) is 2.40. The first-order valence-corrected chi connectivity index (χ1v) is 10.7. The first kappa shape index (κ1) is 17.4. The number of aromatic nitrogens is 2. The van der Waals surface area contributed by atoms with Crippen molar-refractivity contribution in [2.75, 3.05) is 25.0 Å². The number of anilines is 1. The molecule has 0 amide bonds. The molecule has 2 heterocycles. The van der Waals surface area contributed by atoms with Gasteiger partial charge in [0.15, 0.2) is 0 Å². The van der Waals surface area contributed by atoms with Crippen LogP contribution in [-0.4, -0.2) is 48.9 Å². The van der Waals surface area contributed by atoms with Gasteiger partial charge in [-0.25, -0.2) is 18.4 Å². The molecule has 1 saturated carbocycles. The smallest absolute Gasteiger partial charge is 0.218 e. The summed E-state index contributed by atoms with van der Waals surface area (Å²) in [6.07, 6.45) is 4.98. The summed E-state index contributed by atoms with van der Waals surface area (Å²) in [6.45, 7) is 1.49. The molecular weight excluding hydrogens is 348 g/mol. The van der Waals surface area contributed by atoms with Crippen molar-refractivity contribution in [3.63, 3.8) is 0 Å². The van der Waals surface area contributed by atoms with E-state index < -0.39 is 10.0 Å². The van der Waals surface area contributed by atoms with Crippen molar-refractivity contribution in [1.29, 1.82) is 0 Å². The lowest BCUT2D eigenvalue weighted by atomic mass is 10.2. The van der Waals surface area contributed by atoms with Crippen LogP contribution in [0.1, 0.15) is 36.6 Å². The summed E-state index contributed by atoms with van der Waals surface area (Å²) in [6, 6.07) is 11.2. The van der Waals surface area contributed by atoms with Gasteiger partial charge in [-0.15, -0.1) is 0 Å². The quantitative estimate of drug-likeness (QED) is 0.779. The topological polar surface area (TPSA) is 66.4 Å². The fraction of sp³-hybridized carbons (Fsp3) is 0.474. The minimum atomic E-state index is -3.34. The Morgan fingerprint density at radius 2 is 1.92 bits per heavy atom. The van der Waals surface area contributed by atoms with Gasteiger partial charge in [-0.3, -0.25) is 0 Å². The van der Waals surface area contributed by atoms with Gasteiger partial charge in [-0.1, -0.05) is 30.3 Å². The van der Waals surface area contributed by atoms with Gasteiger partial charge in [0, 0.05) is 38.3 Å². The zero-order valence-corrected chi connectivity index (χ0v) is 15.8. The summed E-state index contributed by atoms with van der Waals surface area (Å²) in [7, 11) is -1.64. The Hall–Kier alpha value is -1.99. The Bertz CT molecular complexity index is 868. The Morgan fingerprint density at radius 1 is 1.15 bits per heavy atom. The van der Waals surface area contributed by atoms with Crippen LogP contribution in [0.25, 0.3) is 0 Å². The van der Waals surface area contributed by atoms with Gasteiger partial charge in [-0.05, 0) is 30.9 Å². The molecule has 0 spiro atoms. The van der Waals surface area contributed by atoms with Crippen LogP contribution >= 0.6 is 0 Å². The zero-order valence-electron chi connectivity index (χ0n) is 15.0. The molecule has 1 aromatic carbocycles. The highest BCUT2D eigenvalue weighted by Gasteiger charge is 2.33. The molecule has 6 nitrogen and oxygen atoms in total. The fourth-order valence-electron chi connectivity index (χ4n) is 3.44. The third-order valence-corrected chi connectivity index (χ3v) is 7.11. The lowest BCUT2D eigenvalue weighted by Gasteiger charge is -2.24. The maximum Gasteiger partial charge on any atom is 0.218 e. The maximum absolute atomic E-state index is 12.8. The molecule has 7 heteroatoms. The molecule has 138 valence electrons. The normalized spacial score (nSPS) is 20.7.